The van der Waals surface area contributed by atoms with Crippen molar-refractivity contribution in [2.75, 3.05) is 6.61 Å². The molecular weight excluding hydrogens is 291 g/mol. The molecule has 1 rings (SSSR count). The second kappa shape index (κ2) is 7.70. The number of halogens is 2. The molecule has 1 aromatic rings. The molecule has 0 saturated carbocycles. The largest absolute Gasteiger partial charge is 0.466 e. The highest BCUT2D eigenvalue weighted by Crippen LogP contribution is 2.25. The Morgan fingerprint density at radius 3 is 2.68 bits per heavy atom. The van der Waals surface area contributed by atoms with Gasteiger partial charge in [0.2, 0.25) is 0 Å². The normalized spacial score (nSPS) is 13.9. The minimum absolute atomic E-state index is 0.202. The third-order valence-corrected chi connectivity index (χ3v) is 3.26. The molecule has 0 aliphatic rings. The van der Waals surface area contributed by atoms with E-state index in [1.807, 2.05) is 0 Å². The average Bonchev–Trinajstić information content (AvgIpc) is 2.38. The summed E-state index contributed by atoms with van der Waals surface area (Å²) >= 11 is 11.6. The summed E-state index contributed by atoms with van der Waals surface area (Å²) in [4.78, 5) is 11.2. The molecule has 0 bridgehead atoms. The summed E-state index contributed by atoms with van der Waals surface area (Å²) < 4.78 is 4.71. The van der Waals surface area contributed by atoms with Gasteiger partial charge in [-0.1, -0.05) is 23.7 Å². The number of carbonyl (C=O) groups is 1. The molecule has 6 heteroatoms. The first-order valence-corrected chi connectivity index (χ1v) is 6.76. The van der Waals surface area contributed by atoms with Crippen LogP contribution in [0.1, 0.15) is 30.6 Å². The molecule has 4 nitrogen and oxygen atoms in total. The van der Waals surface area contributed by atoms with Gasteiger partial charge in [0.25, 0.3) is 0 Å². The van der Waals surface area contributed by atoms with Crippen LogP contribution >= 0.6 is 23.2 Å². The van der Waals surface area contributed by atoms with Gasteiger partial charge in [-0.05, 0) is 24.1 Å². The van der Waals surface area contributed by atoms with Crippen LogP contribution < -0.4 is 0 Å². The molecule has 0 spiro atoms. The van der Waals surface area contributed by atoms with Gasteiger partial charge in [0, 0.05) is 10.9 Å². The number of rotatable bonds is 6. The summed E-state index contributed by atoms with van der Waals surface area (Å²) in [5, 5.41) is 20.2. The number of hydrogen-bond acceptors (Lipinski definition) is 4. The van der Waals surface area contributed by atoms with Crippen LogP contribution in [0.25, 0.3) is 0 Å². The van der Waals surface area contributed by atoms with Gasteiger partial charge < -0.3 is 14.9 Å². The fraction of sp³-hybridized carbons (Fsp3) is 0.462. The van der Waals surface area contributed by atoms with E-state index < -0.39 is 18.2 Å². The highest BCUT2D eigenvalue weighted by molar-refractivity contribution is 6.32. The van der Waals surface area contributed by atoms with E-state index in [0.717, 1.165) is 0 Å². The van der Waals surface area contributed by atoms with Crippen molar-refractivity contribution in [3.8, 4) is 0 Å². The second-order valence-electron chi connectivity index (χ2n) is 4.01. The third-order valence-electron chi connectivity index (χ3n) is 2.60. The van der Waals surface area contributed by atoms with Crippen LogP contribution in [-0.4, -0.2) is 28.9 Å². The van der Waals surface area contributed by atoms with Gasteiger partial charge in [-0.3, -0.25) is 4.79 Å². The van der Waals surface area contributed by atoms with Gasteiger partial charge in [0.05, 0.1) is 19.1 Å². The molecule has 1 aromatic carbocycles. The van der Waals surface area contributed by atoms with Crippen molar-refractivity contribution in [2.24, 2.45) is 0 Å². The van der Waals surface area contributed by atoms with E-state index in [-0.39, 0.29) is 18.9 Å². The van der Waals surface area contributed by atoms with Crippen molar-refractivity contribution >= 4 is 29.2 Å². The van der Waals surface area contributed by atoms with Crippen LogP contribution in [0.15, 0.2) is 18.2 Å². The molecule has 0 aliphatic carbocycles. The number of benzene rings is 1. The monoisotopic (exact) mass is 306 g/mol. The maximum atomic E-state index is 11.2. The summed E-state index contributed by atoms with van der Waals surface area (Å²) in [6.07, 6.45) is -2.69. The quantitative estimate of drug-likeness (QED) is 0.626. The number of aliphatic hydroxyl groups excluding tert-OH is 2. The number of alkyl halides is 1. The Bertz CT molecular complexity index is 437. The van der Waals surface area contributed by atoms with Crippen LogP contribution in [0.5, 0.6) is 0 Å². The molecule has 0 fully saturated rings. The third kappa shape index (κ3) is 4.66. The summed E-state index contributed by atoms with van der Waals surface area (Å²) in [7, 11) is 0. The number of esters is 1. The van der Waals surface area contributed by atoms with Crippen LogP contribution in [0, 0.1) is 0 Å². The lowest BCUT2D eigenvalue weighted by molar-refractivity contribution is -0.147. The van der Waals surface area contributed by atoms with Crippen molar-refractivity contribution in [3.63, 3.8) is 0 Å². The Hall–Kier alpha value is -0.810. The minimum atomic E-state index is -1.23. The zero-order chi connectivity index (χ0) is 14.4. The number of ether oxygens (including phenoxy) is 1. The van der Waals surface area contributed by atoms with Crippen molar-refractivity contribution in [1.29, 1.82) is 0 Å². The molecule has 0 heterocycles. The number of aliphatic hydroxyl groups is 2. The first kappa shape index (κ1) is 16.2. The first-order valence-electron chi connectivity index (χ1n) is 5.85. The summed E-state index contributed by atoms with van der Waals surface area (Å²) in [6, 6.07) is 4.78. The Morgan fingerprint density at radius 2 is 2.11 bits per heavy atom. The van der Waals surface area contributed by atoms with E-state index >= 15 is 0 Å². The van der Waals surface area contributed by atoms with Crippen molar-refractivity contribution in [3.05, 3.63) is 34.3 Å². The van der Waals surface area contributed by atoms with Crippen LogP contribution in [0.4, 0.5) is 0 Å². The number of carbonyl (C=O) groups excluding carboxylic acids is 1. The van der Waals surface area contributed by atoms with Gasteiger partial charge in [-0.25, -0.2) is 0 Å². The summed E-state index contributed by atoms with van der Waals surface area (Å²) in [6.45, 7) is 1.91. The van der Waals surface area contributed by atoms with E-state index in [9.17, 15) is 15.0 Å². The molecule has 106 valence electrons. The van der Waals surface area contributed by atoms with E-state index in [4.69, 9.17) is 27.9 Å². The highest BCUT2D eigenvalue weighted by atomic mass is 35.5. The molecule has 19 heavy (non-hydrogen) atoms. The van der Waals surface area contributed by atoms with Crippen molar-refractivity contribution in [1.82, 2.24) is 0 Å². The Balaban J connectivity index is 2.76. The van der Waals surface area contributed by atoms with E-state index in [1.54, 1.807) is 25.1 Å². The van der Waals surface area contributed by atoms with Crippen LogP contribution in [0.2, 0.25) is 5.02 Å². The van der Waals surface area contributed by atoms with E-state index in [0.29, 0.717) is 16.1 Å². The molecule has 2 N–H and O–H groups in total. The van der Waals surface area contributed by atoms with Gasteiger partial charge in [0.1, 0.15) is 6.10 Å². The van der Waals surface area contributed by atoms with E-state index in [1.165, 1.54) is 0 Å². The second-order valence-corrected chi connectivity index (χ2v) is 4.68. The zero-order valence-electron chi connectivity index (χ0n) is 10.5. The van der Waals surface area contributed by atoms with Crippen LogP contribution in [0.3, 0.4) is 0 Å². The van der Waals surface area contributed by atoms with Crippen molar-refractivity contribution < 1.29 is 19.7 Å². The Kier molecular flexibility index (Phi) is 6.58. The maximum Gasteiger partial charge on any atom is 0.308 e. The molecule has 2 unspecified atom stereocenters. The fourth-order valence-corrected chi connectivity index (χ4v) is 2.08. The molecule has 0 amide bonds. The average molecular weight is 307 g/mol. The summed E-state index contributed by atoms with van der Waals surface area (Å²) in [5.41, 5.74) is 1.11. The predicted molar refractivity (Wildman–Crippen MR) is 73.2 cm³/mol. The van der Waals surface area contributed by atoms with Gasteiger partial charge in [0.15, 0.2) is 0 Å². The minimum Gasteiger partial charge on any atom is -0.466 e. The standard InChI is InChI=1S/C13H16Cl2O4/c1-2-19-12(17)6-11(16)13(18)8-3-4-10(15)9(5-8)7-14/h3-5,11,13,16,18H,2,6-7H2,1H3. The highest BCUT2D eigenvalue weighted by Gasteiger charge is 2.22. The van der Waals surface area contributed by atoms with E-state index in [2.05, 4.69) is 0 Å². The van der Waals surface area contributed by atoms with Crippen LogP contribution in [-0.2, 0) is 15.4 Å². The van der Waals surface area contributed by atoms with Gasteiger partial charge in [-0.2, -0.15) is 0 Å². The Labute approximate surface area is 121 Å². The topological polar surface area (TPSA) is 66.8 Å². The maximum absolute atomic E-state index is 11.2. The molecule has 2 atom stereocenters. The van der Waals surface area contributed by atoms with Gasteiger partial charge in [-0.15, -0.1) is 11.6 Å². The lowest BCUT2D eigenvalue weighted by Crippen LogP contribution is -2.23. The lowest BCUT2D eigenvalue weighted by atomic mass is 10.0. The Morgan fingerprint density at radius 1 is 1.42 bits per heavy atom. The summed E-state index contributed by atoms with van der Waals surface area (Å²) in [5.74, 6) is -0.353. The molecule has 0 radical (unpaired) electrons. The fourth-order valence-electron chi connectivity index (χ4n) is 1.61. The number of hydrogen-bond donors (Lipinski definition) is 2. The lowest BCUT2D eigenvalue weighted by Gasteiger charge is -2.18. The molecular formula is C13H16Cl2O4. The SMILES string of the molecule is CCOC(=O)CC(O)C(O)c1ccc(Cl)c(CCl)c1. The molecule has 0 aliphatic heterocycles. The zero-order valence-corrected chi connectivity index (χ0v) is 12.0. The molecule has 0 saturated heterocycles. The van der Waals surface area contributed by atoms with Crippen molar-refractivity contribution in [2.45, 2.75) is 31.4 Å². The first-order chi connectivity index (χ1) is 8.99. The van der Waals surface area contributed by atoms with Gasteiger partial charge >= 0.3 is 5.97 Å². The smallest absolute Gasteiger partial charge is 0.308 e. The molecule has 0 aromatic heterocycles. The predicted octanol–water partition coefficient (Wildman–Crippen LogP) is 2.43.